The van der Waals surface area contributed by atoms with Gasteiger partial charge < -0.3 is 9.84 Å². The Morgan fingerprint density at radius 2 is 2.19 bits per heavy atom. The van der Waals surface area contributed by atoms with Gasteiger partial charge in [-0.3, -0.25) is 4.90 Å². The fourth-order valence-corrected chi connectivity index (χ4v) is 3.62. The average Bonchev–Trinajstić information content (AvgIpc) is 3.18. The molecule has 1 fully saturated rings. The van der Waals surface area contributed by atoms with Crippen LogP contribution in [0.5, 0.6) is 0 Å². The predicted molar refractivity (Wildman–Crippen MR) is 84.2 cm³/mol. The lowest BCUT2D eigenvalue weighted by molar-refractivity contribution is 0.153. The maximum absolute atomic E-state index is 5.38. The van der Waals surface area contributed by atoms with Gasteiger partial charge in [-0.15, -0.1) is 11.3 Å². The van der Waals surface area contributed by atoms with Crippen molar-refractivity contribution in [2.75, 3.05) is 14.1 Å². The lowest BCUT2D eigenvalue weighted by Gasteiger charge is -2.33. The monoisotopic (exact) mass is 306 g/mol. The highest BCUT2D eigenvalue weighted by Crippen LogP contribution is 2.24. The number of hydrogen-bond acceptors (Lipinski definition) is 6. The van der Waals surface area contributed by atoms with Crippen LogP contribution in [0.4, 0.5) is 0 Å². The summed E-state index contributed by atoms with van der Waals surface area (Å²) in [6.45, 7) is 0.729. The number of nitrogens with one attached hydrogen (secondary N) is 1. The van der Waals surface area contributed by atoms with E-state index in [-0.39, 0.29) is 0 Å². The van der Waals surface area contributed by atoms with E-state index in [9.17, 15) is 0 Å². The molecule has 114 valence electrons. The molecular formula is C15H22N4OS. The molecule has 0 bridgehead atoms. The fourth-order valence-electron chi connectivity index (χ4n) is 2.97. The molecule has 0 saturated heterocycles. The van der Waals surface area contributed by atoms with E-state index < -0.39 is 0 Å². The van der Waals surface area contributed by atoms with Crippen molar-refractivity contribution in [1.29, 1.82) is 0 Å². The molecule has 1 N–H and O–H groups in total. The molecule has 0 unspecified atom stereocenters. The molecule has 6 heteroatoms. The Morgan fingerprint density at radius 1 is 1.38 bits per heavy atom. The summed E-state index contributed by atoms with van der Waals surface area (Å²) < 4.78 is 5.38. The summed E-state index contributed by atoms with van der Waals surface area (Å²) in [4.78, 5) is 7.90. The third-order valence-electron chi connectivity index (χ3n) is 4.32. The maximum Gasteiger partial charge on any atom is 0.241 e. The van der Waals surface area contributed by atoms with Crippen LogP contribution in [0.2, 0.25) is 0 Å². The van der Waals surface area contributed by atoms with Crippen LogP contribution in [0.3, 0.4) is 0 Å². The zero-order chi connectivity index (χ0) is 14.7. The van der Waals surface area contributed by atoms with Gasteiger partial charge in [0, 0.05) is 12.1 Å². The number of rotatable bonds is 5. The Balaban J connectivity index is 1.57. The SMILES string of the molecule is CNC1CCC(N(C)Cc2nc(-c3cccs3)no2)CC1. The Morgan fingerprint density at radius 3 is 2.86 bits per heavy atom. The number of thiophene rings is 1. The summed E-state index contributed by atoms with van der Waals surface area (Å²) in [6.07, 6.45) is 4.95. The fraction of sp³-hybridized carbons (Fsp3) is 0.600. The third-order valence-corrected chi connectivity index (χ3v) is 5.19. The molecule has 3 rings (SSSR count). The molecule has 1 aliphatic carbocycles. The van der Waals surface area contributed by atoms with E-state index in [2.05, 4.69) is 34.5 Å². The summed E-state index contributed by atoms with van der Waals surface area (Å²) in [5.74, 6) is 1.41. The van der Waals surface area contributed by atoms with Crippen LogP contribution in [-0.2, 0) is 6.54 Å². The Hall–Kier alpha value is -1.24. The third kappa shape index (κ3) is 3.51. The van der Waals surface area contributed by atoms with Crippen LogP contribution in [0, 0.1) is 0 Å². The maximum atomic E-state index is 5.38. The van der Waals surface area contributed by atoms with Gasteiger partial charge in [0.1, 0.15) is 0 Å². The standard InChI is InChI=1S/C15H22N4OS/c1-16-11-5-7-12(8-6-11)19(2)10-14-17-15(18-20-14)13-4-3-9-21-13/h3-4,9,11-12,16H,5-8,10H2,1-2H3. The second-order valence-electron chi connectivity index (χ2n) is 5.70. The first kappa shape index (κ1) is 14.7. The van der Waals surface area contributed by atoms with Gasteiger partial charge in [0.25, 0.3) is 0 Å². The van der Waals surface area contributed by atoms with Crippen molar-refractivity contribution in [2.45, 2.75) is 44.3 Å². The molecule has 2 heterocycles. The molecule has 21 heavy (non-hydrogen) atoms. The van der Waals surface area contributed by atoms with Crippen LogP contribution in [-0.4, -0.2) is 41.2 Å². The molecule has 1 saturated carbocycles. The largest absolute Gasteiger partial charge is 0.338 e. The number of nitrogens with zero attached hydrogens (tertiary/aromatic N) is 3. The van der Waals surface area contributed by atoms with E-state index in [1.807, 2.05) is 17.5 Å². The average molecular weight is 306 g/mol. The molecule has 1 aliphatic rings. The van der Waals surface area contributed by atoms with Crippen LogP contribution in [0.25, 0.3) is 10.7 Å². The molecule has 5 nitrogen and oxygen atoms in total. The van der Waals surface area contributed by atoms with E-state index in [0.29, 0.717) is 23.8 Å². The van der Waals surface area contributed by atoms with E-state index in [0.717, 1.165) is 11.4 Å². The van der Waals surface area contributed by atoms with Gasteiger partial charge in [0.2, 0.25) is 11.7 Å². The van der Waals surface area contributed by atoms with Crippen LogP contribution < -0.4 is 5.32 Å². The lowest BCUT2D eigenvalue weighted by Crippen LogP contribution is -2.39. The summed E-state index contributed by atoms with van der Waals surface area (Å²) in [6, 6.07) is 5.32. The molecular weight excluding hydrogens is 284 g/mol. The van der Waals surface area contributed by atoms with Crippen molar-refractivity contribution in [2.24, 2.45) is 0 Å². The highest BCUT2D eigenvalue weighted by Gasteiger charge is 2.24. The molecule has 2 aromatic rings. The number of aromatic nitrogens is 2. The van der Waals surface area contributed by atoms with Gasteiger partial charge in [-0.05, 0) is 51.2 Å². The minimum atomic E-state index is 0.617. The summed E-state index contributed by atoms with van der Waals surface area (Å²) in [5.41, 5.74) is 0. The summed E-state index contributed by atoms with van der Waals surface area (Å²) >= 11 is 1.63. The second kappa shape index (κ2) is 6.68. The van der Waals surface area contributed by atoms with Crippen LogP contribution in [0.1, 0.15) is 31.6 Å². The van der Waals surface area contributed by atoms with E-state index in [4.69, 9.17) is 4.52 Å². The molecule has 0 amide bonds. The molecule has 2 aromatic heterocycles. The zero-order valence-corrected chi connectivity index (χ0v) is 13.4. The van der Waals surface area contributed by atoms with E-state index in [1.165, 1.54) is 25.7 Å². The van der Waals surface area contributed by atoms with Crippen molar-refractivity contribution in [3.05, 3.63) is 23.4 Å². The van der Waals surface area contributed by atoms with Crippen molar-refractivity contribution in [1.82, 2.24) is 20.4 Å². The smallest absolute Gasteiger partial charge is 0.241 e. The minimum absolute atomic E-state index is 0.617. The lowest BCUT2D eigenvalue weighted by atomic mass is 9.90. The Labute approximate surface area is 129 Å². The summed E-state index contributed by atoms with van der Waals surface area (Å²) in [7, 11) is 4.21. The van der Waals surface area contributed by atoms with E-state index >= 15 is 0 Å². The van der Waals surface area contributed by atoms with Gasteiger partial charge in [0.05, 0.1) is 11.4 Å². The van der Waals surface area contributed by atoms with Crippen molar-refractivity contribution < 1.29 is 4.52 Å². The zero-order valence-electron chi connectivity index (χ0n) is 12.6. The van der Waals surface area contributed by atoms with Gasteiger partial charge >= 0.3 is 0 Å². The molecule has 0 spiro atoms. The van der Waals surface area contributed by atoms with Gasteiger partial charge in [-0.1, -0.05) is 11.2 Å². The molecule has 0 radical (unpaired) electrons. The van der Waals surface area contributed by atoms with E-state index in [1.54, 1.807) is 11.3 Å². The highest BCUT2D eigenvalue weighted by atomic mass is 32.1. The quantitative estimate of drug-likeness (QED) is 0.920. The Kier molecular flexibility index (Phi) is 4.67. The predicted octanol–water partition coefficient (Wildman–Crippen LogP) is 2.76. The highest BCUT2D eigenvalue weighted by molar-refractivity contribution is 7.13. The second-order valence-corrected chi connectivity index (χ2v) is 6.65. The van der Waals surface area contributed by atoms with Crippen molar-refractivity contribution >= 4 is 11.3 Å². The van der Waals surface area contributed by atoms with Gasteiger partial charge in [-0.2, -0.15) is 4.98 Å². The first-order valence-corrected chi connectivity index (χ1v) is 8.38. The molecule has 0 aromatic carbocycles. The topological polar surface area (TPSA) is 54.2 Å². The van der Waals surface area contributed by atoms with Crippen molar-refractivity contribution in [3.8, 4) is 10.7 Å². The first-order chi connectivity index (χ1) is 10.3. The van der Waals surface area contributed by atoms with Crippen molar-refractivity contribution in [3.63, 3.8) is 0 Å². The van der Waals surface area contributed by atoms with Gasteiger partial charge in [-0.25, -0.2) is 0 Å². The first-order valence-electron chi connectivity index (χ1n) is 7.50. The normalized spacial score (nSPS) is 22.8. The summed E-state index contributed by atoms with van der Waals surface area (Å²) in [5, 5.41) is 9.47. The number of hydrogen-bond donors (Lipinski definition) is 1. The van der Waals surface area contributed by atoms with Crippen LogP contribution in [0.15, 0.2) is 22.0 Å². The van der Waals surface area contributed by atoms with Crippen LogP contribution >= 0.6 is 11.3 Å². The Bertz CT molecular complexity index is 546. The molecule has 0 aliphatic heterocycles. The van der Waals surface area contributed by atoms with Gasteiger partial charge in [0.15, 0.2) is 0 Å². The minimum Gasteiger partial charge on any atom is -0.338 e. The molecule has 0 atom stereocenters.